The number of aromatic nitrogens is 3. The van der Waals surface area contributed by atoms with Gasteiger partial charge < -0.3 is 14.3 Å². The van der Waals surface area contributed by atoms with Gasteiger partial charge in [-0.15, -0.1) is 5.10 Å². The molecule has 0 unspecified atom stereocenters. The molecule has 1 aliphatic heterocycles. The van der Waals surface area contributed by atoms with Crippen molar-refractivity contribution in [2.75, 3.05) is 25.0 Å². The second-order valence-electron chi connectivity index (χ2n) is 6.79. The largest absolute Gasteiger partial charge is 0.361 e. The van der Waals surface area contributed by atoms with Gasteiger partial charge in [0.05, 0.1) is 0 Å². The summed E-state index contributed by atoms with van der Waals surface area (Å²) in [6.45, 7) is 3.37. The summed E-state index contributed by atoms with van der Waals surface area (Å²) in [7, 11) is 2.07. The van der Waals surface area contributed by atoms with Gasteiger partial charge >= 0.3 is 0 Å². The number of likely N-dealkylation sites (tertiary alicyclic amines) is 1. The fraction of sp³-hybridized carbons (Fsp3) is 0.529. The van der Waals surface area contributed by atoms with Crippen molar-refractivity contribution in [3.8, 4) is 0 Å². The first-order chi connectivity index (χ1) is 11.6. The Morgan fingerprint density at radius 2 is 2.25 bits per heavy atom. The van der Waals surface area contributed by atoms with Crippen molar-refractivity contribution in [1.82, 2.24) is 20.3 Å². The van der Waals surface area contributed by atoms with Gasteiger partial charge in [0.2, 0.25) is 0 Å². The first-order valence-corrected chi connectivity index (χ1v) is 8.36. The maximum Gasteiger partial charge on any atom is 0.276 e. The topological polar surface area (TPSA) is 75.4 Å². The van der Waals surface area contributed by atoms with Crippen LogP contribution in [0.4, 0.5) is 5.82 Å². The quantitative estimate of drug-likeness (QED) is 0.855. The average molecular weight is 327 g/mol. The number of amides is 1. The van der Waals surface area contributed by atoms with Crippen LogP contribution in [0.5, 0.6) is 0 Å². The van der Waals surface area contributed by atoms with Gasteiger partial charge in [-0.1, -0.05) is 5.16 Å². The highest BCUT2D eigenvalue weighted by Gasteiger charge is 2.46. The summed E-state index contributed by atoms with van der Waals surface area (Å²) < 4.78 is 5.04. The van der Waals surface area contributed by atoms with Crippen molar-refractivity contribution >= 4 is 11.7 Å². The normalized spacial score (nSPS) is 25.8. The van der Waals surface area contributed by atoms with E-state index in [0.29, 0.717) is 29.3 Å². The van der Waals surface area contributed by atoms with Crippen LogP contribution in [0.25, 0.3) is 0 Å². The molecule has 0 radical (unpaired) electrons. The molecule has 0 spiro atoms. The second kappa shape index (κ2) is 5.89. The van der Waals surface area contributed by atoms with E-state index in [2.05, 4.69) is 27.3 Å². The van der Waals surface area contributed by atoms with Crippen molar-refractivity contribution in [3.05, 3.63) is 35.9 Å². The molecule has 2 fully saturated rings. The summed E-state index contributed by atoms with van der Waals surface area (Å²) in [6, 6.07) is 5.99. The van der Waals surface area contributed by atoms with Crippen LogP contribution >= 0.6 is 0 Å². The molecular formula is C17H21N5O2. The Balaban J connectivity index is 1.48. The monoisotopic (exact) mass is 327 g/mol. The van der Waals surface area contributed by atoms with Gasteiger partial charge in [0.15, 0.2) is 11.5 Å². The average Bonchev–Trinajstić information content (AvgIpc) is 3.29. The van der Waals surface area contributed by atoms with Gasteiger partial charge in [0.1, 0.15) is 5.76 Å². The predicted molar refractivity (Wildman–Crippen MR) is 87.6 cm³/mol. The molecule has 126 valence electrons. The lowest BCUT2D eigenvalue weighted by Crippen LogP contribution is -2.39. The van der Waals surface area contributed by atoms with E-state index in [0.717, 1.165) is 31.7 Å². The molecule has 3 heterocycles. The first kappa shape index (κ1) is 15.1. The molecule has 7 heteroatoms. The third-order valence-corrected chi connectivity index (χ3v) is 5.37. The van der Waals surface area contributed by atoms with E-state index in [1.807, 2.05) is 17.0 Å². The predicted octanol–water partition coefficient (Wildman–Crippen LogP) is 1.76. The number of carbonyl (C=O) groups excluding carboxylic acids is 1. The number of carbonyl (C=O) groups is 1. The molecule has 1 saturated carbocycles. The molecule has 0 aromatic carbocycles. The van der Waals surface area contributed by atoms with Gasteiger partial charge in [-0.25, -0.2) is 0 Å². The molecule has 2 aromatic heterocycles. The molecule has 1 amide bonds. The zero-order valence-electron chi connectivity index (χ0n) is 13.9. The minimum Gasteiger partial charge on any atom is -0.361 e. The molecular weight excluding hydrogens is 306 g/mol. The molecule has 0 N–H and O–H groups in total. The second-order valence-corrected chi connectivity index (χ2v) is 6.79. The third kappa shape index (κ3) is 2.53. The van der Waals surface area contributed by atoms with Crippen molar-refractivity contribution in [2.45, 2.75) is 25.8 Å². The summed E-state index contributed by atoms with van der Waals surface area (Å²) in [5.41, 5.74) is 0.409. The van der Waals surface area contributed by atoms with Crippen LogP contribution in [0.15, 0.2) is 28.9 Å². The number of nitrogens with zero attached hydrogens (tertiary/aromatic N) is 5. The molecule has 3 atom stereocenters. The van der Waals surface area contributed by atoms with Gasteiger partial charge in [0, 0.05) is 44.4 Å². The maximum absolute atomic E-state index is 12.6. The number of aryl methyl sites for hydroxylation is 1. The molecule has 4 rings (SSSR count). The van der Waals surface area contributed by atoms with E-state index in [9.17, 15) is 4.79 Å². The lowest BCUT2D eigenvalue weighted by atomic mass is 9.97. The maximum atomic E-state index is 12.6. The van der Waals surface area contributed by atoms with Gasteiger partial charge in [-0.05, 0) is 37.8 Å². The highest BCUT2D eigenvalue weighted by atomic mass is 16.5. The van der Waals surface area contributed by atoms with Crippen LogP contribution in [0.3, 0.4) is 0 Å². The van der Waals surface area contributed by atoms with Crippen molar-refractivity contribution < 1.29 is 9.32 Å². The summed E-state index contributed by atoms with van der Waals surface area (Å²) in [6.07, 6.45) is 3.96. The molecule has 2 aromatic rings. The number of rotatable bonds is 3. The van der Waals surface area contributed by atoms with Crippen LogP contribution in [-0.2, 0) is 0 Å². The van der Waals surface area contributed by atoms with E-state index >= 15 is 0 Å². The van der Waals surface area contributed by atoms with E-state index in [1.54, 1.807) is 19.2 Å². The Labute approximate surface area is 140 Å². The zero-order chi connectivity index (χ0) is 16.7. The van der Waals surface area contributed by atoms with E-state index in [4.69, 9.17) is 4.52 Å². The number of hydrogen-bond donors (Lipinski definition) is 0. The van der Waals surface area contributed by atoms with Gasteiger partial charge in [-0.3, -0.25) is 4.79 Å². The highest BCUT2D eigenvalue weighted by molar-refractivity contribution is 5.92. The molecule has 7 nitrogen and oxygen atoms in total. The minimum atomic E-state index is -0.0258. The van der Waals surface area contributed by atoms with Gasteiger partial charge in [0.25, 0.3) is 5.91 Å². The smallest absolute Gasteiger partial charge is 0.276 e. The fourth-order valence-electron chi connectivity index (χ4n) is 4.16. The molecule has 0 bridgehead atoms. The van der Waals surface area contributed by atoms with E-state index in [1.165, 1.54) is 0 Å². The molecule has 24 heavy (non-hydrogen) atoms. The summed E-state index contributed by atoms with van der Waals surface area (Å²) in [5, 5.41) is 12.0. The molecule has 2 aliphatic rings. The summed E-state index contributed by atoms with van der Waals surface area (Å²) in [5.74, 6) is 2.54. The van der Waals surface area contributed by atoms with Crippen LogP contribution in [-0.4, -0.2) is 52.3 Å². The Hall–Kier alpha value is -2.44. The SMILES string of the molecule is Cc1cc(C(=O)N2C[C@H]3CC[C@@H](N(C)c4cccnn4)[C@H]3C2)no1. The van der Waals surface area contributed by atoms with Crippen LogP contribution in [0, 0.1) is 18.8 Å². The number of fused-ring (bicyclic) bond motifs is 1. The number of hydrogen-bond acceptors (Lipinski definition) is 6. The third-order valence-electron chi connectivity index (χ3n) is 5.37. The van der Waals surface area contributed by atoms with Crippen molar-refractivity contribution in [1.29, 1.82) is 0 Å². The highest BCUT2D eigenvalue weighted by Crippen LogP contribution is 2.41. The van der Waals surface area contributed by atoms with E-state index < -0.39 is 0 Å². The van der Waals surface area contributed by atoms with Crippen LogP contribution in [0.2, 0.25) is 0 Å². The van der Waals surface area contributed by atoms with Crippen LogP contribution in [0.1, 0.15) is 29.1 Å². The lowest BCUT2D eigenvalue weighted by Gasteiger charge is -2.30. The Bertz CT molecular complexity index is 732. The number of anilines is 1. The van der Waals surface area contributed by atoms with Gasteiger partial charge in [-0.2, -0.15) is 5.10 Å². The fourth-order valence-corrected chi connectivity index (χ4v) is 4.16. The molecule has 1 aliphatic carbocycles. The summed E-state index contributed by atoms with van der Waals surface area (Å²) in [4.78, 5) is 16.7. The Morgan fingerprint density at radius 1 is 1.38 bits per heavy atom. The minimum absolute atomic E-state index is 0.0258. The lowest BCUT2D eigenvalue weighted by molar-refractivity contribution is 0.0769. The molecule has 1 saturated heterocycles. The van der Waals surface area contributed by atoms with Crippen LogP contribution < -0.4 is 4.90 Å². The Morgan fingerprint density at radius 3 is 2.96 bits per heavy atom. The van der Waals surface area contributed by atoms with Crippen molar-refractivity contribution in [3.63, 3.8) is 0 Å². The zero-order valence-corrected chi connectivity index (χ0v) is 13.9. The summed E-state index contributed by atoms with van der Waals surface area (Å²) >= 11 is 0. The first-order valence-electron chi connectivity index (χ1n) is 8.36. The van der Waals surface area contributed by atoms with Crippen molar-refractivity contribution in [2.24, 2.45) is 11.8 Å². The Kier molecular flexibility index (Phi) is 3.70. The standard InChI is InChI=1S/C17H21N5O2/c1-11-8-14(20-24-11)17(23)22-9-12-5-6-15(13(12)10-22)21(2)16-4-3-7-18-19-16/h3-4,7-8,12-13,15H,5-6,9-10H2,1-2H3/t12-,13+,15-/m1/s1. The van der Waals surface area contributed by atoms with E-state index in [-0.39, 0.29) is 5.91 Å².